The first-order valence-corrected chi connectivity index (χ1v) is 3.93. The highest BCUT2D eigenvalue weighted by atomic mass is 35.5. The Morgan fingerprint density at radius 1 is 1.60 bits per heavy atom. The van der Waals surface area contributed by atoms with E-state index in [0.717, 1.165) is 0 Å². The number of pyridine rings is 1. The van der Waals surface area contributed by atoms with Gasteiger partial charge in [-0.05, 0) is 0 Å². The monoisotopic (exact) mass is 236 g/mol. The smallest absolute Gasteiger partial charge is 0.297 e. The van der Waals surface area contributed by atoms with Crippen LogP contribution in [-0.4, -0.2) is 16.2 Å². The molecule has 1 aromatic heterocycles. The molecule has 0 aliphatic heterocycles. The van der Waals surface area contributed by atoms with Crippen molar-refractivity contribution in [3.63, 3.8) is 0 Å². The van der Waals surface area contributed by atoms with Gasteiger partial charge in [0, 0.05) is 6.07 Å². The Morgan fingerprint density at radius 3 is 2.60 bits per heavy atom. The summed E-state index contributed by atoms with van der Waals surface area (Å²) in [4.78, 5) is 22.8. The van der Waals surface area contributed by atoms with Crippen molar-refractivity contribution in [2.24, 2.45) is 0 Å². The molecule has 1 rings (SSSR count). The van der Waals surface area contributed by atoms with Gasteiger partial charge in [0.15, 0.2) is 12.0 Å². The summed E-state index contributed by atoms with van der Waals surface area (Å²) in [6.07, 6.45) is -2.92. The first-order chi connectivity index (χ1) is 6.97. The molecular formula is C7H3ClF2N2O3. The lowest BCUT2D eigenvalue weighted by Gasteiger charge is -2.02. The van der Waals surface area contributed by atoms with E-state index >= 15 is 0 Å². The highest BCUT2D eigenvalue weighted by Gasteiger charge is 2.25. The Balaban J connectivity index is 3.45. The third-order valence-electron chi connectivity index (χ3n) is 1.54. The predicted octanol–water partition coefficient (Wildman–Crippen LogP) is 2.39. The van der Waals surface area contributed by atoms with Gasteiger partial charge in [-0.3, -0.25) is 14.9 Å². The molecule has 1 heterocycles. The van der Waals surface area contributed by atoms with Crippen LogP contribution >= 0.6 is 11.6 Å². The summed E-state index contributed by atoms with van der Waals surface area (Å²) in [5, 5.41) is 9.90. The summed E-state index contributed by atoms with van der Waals surface area (Å²) in [7, 11) is 0. The van der Waals surface area contributed by atoms with Crippen LogP contribution in [0.3, 0.4) is 0 Å². The highest BCUT2D eigenvalue weighted by Crippen LogP contribution is 2.29. The average Bonchev–Trinajstić information content (AvgIpc) is 2.16. The number of carbonyl (C=O) groups is 1. The number of aromatic nitrogens is 1. The molecule has 0 N–H and O–H groups in total. The molecule has 80 valence electrons. The third kappa shape index (κ3) is 2.24. The van der Waals surface area contributed by atoms with Crippen molar-refractivity contribution in [1.29, 1.82) is 0 Å². The number of nitro groups is 1. The van der Waals surface area contributed by atoms with E-state index in [9.17, 15) is 23.7 Å². The number of nitrogens with zero attached hydrogens (tertiary/aromatic N) is 2. The van der Waals surface area contributed by atoms with Gasteiger partial charge in [-0.25, -0.2) is 13.8 Å². The number of alkyl halides is 2. The van der Waals surface area contributed by atoms with E-state index in [-0.39, 0.29) is 11.8 Å². The molecule has 0 saturated heterocycles. The summed E-state index contributed by atoms with van der Waals surface area (Å²) in [6, 6.07) is 0.670. The second kappa shape index (κ2) is 4.26. The van der Waals surface area contributed by atoms with Gasteiger partial charge < -0.3 is 0 Å². The second-order valence-corrected chi connectivity index (χ2v) is 2.81. The molecule has 1 aromatic rings. The maximum Gasteiger partial charge on any atom is 0.297 e. The Morgan fingerprint density at radius 2 is 2.20 bits per heavy atom. The first kappa shape index (κ1) is 11.4. The van der Waals surface area contributed by atoms with Gasteiger partial charge in [-0.15, -0.1) is 0 Å². The van der Waals surface area contributed by atoms with Gasteiger partial charge in [0.25, 0.3) is 12.1 Å². The molecule has 0 saturated carbocycles. The van der Waals surface area contributed by atoms with Crippen LogP contribution in [0.25, 0.3) is 0 Å². The summed E-state index contributed by atoms with van der Waals surface area (Å²) in [6.45, 7) is 0. The van der Waals surface area contributed by atoms with Gasteiger partial charge in [0.05, 0.1) is 10.5 Å². The molecule has 0 spiro atoms. The molecule has 0 amide bonds. The minimum Gasteiger partial charge on any atom is -0.298 e. The molecule has 15 heavy (non-hydrogen) atoms. The zero-order valence-corrected chi connectivity index (χ0v) is 7.74. The third-order valence-corrected chi connectivity index (χ3v) is 1.84. The number of hydrogen-bond acceptors (Lipinski definition) is 4. The lowest BCUT2D eigenvalue weighted by molar-refractivity contribution is -0.386. The number of halogens is 3. The summed E-state index contributed by atoms with van der Waals surface area (Å²) in [5.74, 6) is 0. The molecule has 0 aliphatic rings. The van der Waals surface area contributed by atoms with Gasteiger partial charge in [-0.2, -0.15) is 0 Å². The fourth-order valence-corrected chi connectivity index (χ4v) is 1.09. The minimum atomic E-state index is -3.12. The predicted molar refractivity (Wildman–Crippen MR) is 46.2 cm³/mol. The van der Waals surface area contributed by atoms with Crippen LogP contribution in [0.15, 0.2) is 6.07 Å². The van der Waals surface area contributed by atoms with Crippen molar-refractivity contribution in [1.82, 2.24) is 4.98 Å². The first-order valence-electron chi connectivity index (χ1n) is 3.55. The summed E-state index contributed by atoms with van der Waals surface area (Å²) >= 11 is 5.35. The van der Waals surface area contributed by atoms with Crippen LogP contribution in [0.5, 0.6) is 0 Å². The molecular weight excluding hydrogens is 234 g/mol. The number of aldehydes is 1. The molecule has 0 aromatic carbocycles. The van der Waals surface area contributed by atoms with Crippen LogP contribution in [0.4, 0.5) is 14.5 Å². The largest absolute Gasteiger partial charge is 0.298 e. The minimum absolute atomic E-state index is 0.206. The maximum absolute atomic E-state index is 12.3. The van der Waals surface area contributed by atoms with Crippen molar-refractivity contribution in [3.05, 3.63) is 32.6 Å². The number of carbonyl (C=O) groups excluding carboxylic acids is 1. The zero-order chi connectivity index (χ0) is 11.6. The lowest BCUT2D eigenvalue weighted by atomic mass is 10.2. The lowest BCUT2D eigenvalue weighted by Crippen LogP contribution is -2.02. The van der Waals surface area contributed by atoms with Crippen LogP contribution in [0.2, 0.25) is 5.15 Å². The second-order valence-electron chi connectivity index (χ2n) is 2.45. The standard InChI is InChI=1S/C7H3ClF2N2O3/c8-6-3(2-13)1-4(12(14)15)5(11-6)7(9)10/h1-2,7H. The SMILES string of the molecule is O=Cc1cc([N+](=O)[O-])c(C(F)F)nc1Cl. The molecule has 0 unspecified atom stereocenters. The molecule has 0 atom stereocenters. The molecule has 5 nitrogen and oxygen atoms in total. The fraction of sp³-hybridized carbons (Fsp3) is 0.143. The van der Waals surface area contributed by atoms with E-state index in [1.165, 1.54) is 0 Å². The van der Waals surface area contributed by atoms with E-state index in [4.69, 9.17) is 11.6 Å². The van der Waals surface area contributed by atoms with Crippen molar-refractivity contribution in [2.75, 3.05) is 0 Å². The molecule has 0 aliphatic carbocycles. The van der Waals surface area contributed by atoms with E-state index < -0.39 is 27.9 Å². The molecule has 0 radical (unpaired) electrons. The Hall–Kier alpha value is -1.63. The van der Waals surface area contributed by atoms with Crippen LogP contribution < -0.4 is 0 Å². The number of rotatable bonds is 3. The van der Waals surface area contributed by atoms with Crippen molar-refractivity contribution < 1.29 is 18.5 Å². The van der Waals surface area contributed by atoms with Crippen LogP contribution in [0.1, 0.15) is 22.5 Å². The summed E-state index contributed by atoms with van der Waals surface area (Å²) in [5.41, 5.74) is -2.26. The van der Waals surface area contributed by atoms with Crippen LogP contribution in [-0.2, 0) is 0 Å². The van der Waals surface area contributed by atoms with E-state index in [2.05, 4.69) is 4.98 Å². The molecule has 0 fully saturated rings. The Kier molecular flexibility index (Phi) is 3.25. The quantitative estimate of drug-likeness (QED) is 0.350. The normalized spacial score (nSPS) is 10.4. The fourth-order valence-electron chi connectivity index (χ4n) is 0.898. The van der Waals surface area contributed by atoms with Gasteiger partial charge in [-0.1, -0.05) is 11.6 Å². The van der Waals surface area contributed by atoms with Gasteiger partial charge >= 0.3 is 0 Å². The maximum atomic E-state index is 12.3. The van der Waals surface area contributed by atoms with E-state index in [0.29, 0.717) is 6.07 Å². The molecule has 0 bridgehead atoms. The van der Waals surface area contributed by atoms with E-state index in [1.54, 1.807) is 0 Å². The van der Waals surface area contributed by atoms with Crippen molar-refractivity contribution in [3.8, 4) is 0 Å². The summed E-state index contributed by atoms with van der Waals surface area (Å²) < 4.78 is 24.6. The van der Waals surface area contributed by atoms with Gasteiger partial charge in [0.2, 0.25) is 0 Å². The molecule has 8 heteroatoms. The zero-order valence-electron chi connectivity index (χ0n) is 6.99. The van der Waals surface area contributed by atoms with Crippen molar-refractivity contribution in [2.45, 2.75) is 6.43 Å². The topological polar surface area (TPSA) is 73.1 Å². The van der Waals surface area contributed by atoms with Crippen molar-refractivity contribution >= 4 is 23.6 Å². The van der Waals surface area contributed by atoms with Gasteiger partial charge in [0.1, 0.15) is 5.15 Å². The van der Waals surface area contributed by atoms with E-state index in [1.807, 2.05) is 0 Å². The Labute approximate surface area is 86.8 Å². The number of hydrogen-bond donors (Lipinski definition) is 0. The average molecular weight is 237 g/mol. The Bertz CT molecular complexity index is 425. The van der Waals surface area contributed by atoms with Crippen LogP contribution in [0, 0.1) is 10.1 Å². The highest BCUT2D eigenvalue weighted by molar-refractivity contribution is 6.31.